The monoisotopic (exact) mass is 357 g/mol. The molecule has 3 atom stereocenters. The van der Waals surface area contributed by atoms with E-state index in [1.807, 2.05) is 25.7 Å². The number of likely N-dealkylation sites (tertiary alicyclic amines) is 1. The summed E-state index contributed by atoms with van der Waals surface area (Å²) in [7, 11) is -0.738. The van der Waals surface area contributed by atoms with Crippen LogP contribution in [0.2, 0.25) is 5.04 Å². The molecule has 1 heterocycles. The number of nitrogens with zero attached hydrogens (tertiary/aromatic N) is 1. The number of carbonyl (C=O) groups is 1. The molecule has 1 aliphatic carbocycles. The summed E-state index contributed by atoms with van der Waals surface area (Å²) in [6, 6.07) is 0.0367. The van der Waals surface area contributed by atoms with E-state index in [0.717, 1.165) is 12.8 Å². The number of amides is 1. The molecule has 0 spiro atoms. The summed E-state index contributed by atoms with van der Waals surface area (Å²) >= 11 is 0. The van der Waals surface area contributed by atoms with Gasteiger partial charge in [0.1, 0.15) is 5.60 Å². The first-order valence-electron chi connectivity index (χ1n) is 8.97. The van der Waals surface area contributed by atoms with E-state index in [0.29, 0.717) is 0 Å². The summed E-state index contributed by atoms with van der Waals surface area (Å²) in [5.74, 6) is 0. The second-order valence-corrected chi connectivity index (χ2v) is 13.0. The van der Waals surface area contributed by atoms with Crippen molar-refractivity contribution >= 4 is 15.9 Å². The highest BCUT2D eigenvalue weighted by Crippen LogP contribution is 2.61. The molecular weight excluding hydrogens is 322 g/mol. The minimum absolute atomic E-state index is 0.0481. The second-order valence-electron chi connectivity index (χ2n) is 10.3. The fraction of sp³-hybridized carbons (Fsp3) is 0.944. The molecule has 0 aromatic heterocycles. The zero-order valence-corrected chi connectivity index (χ0v) is 18.0. The minimum atomic E-state index is -0.738. The lowest BCUT2D eigenvalue weighted by atomic mass is 9.90. The van der Waals surface area contributed by atoms with E-state index in [2.05, 4.69) is 34.6 Å². The Kier molecular flexibility index (Phi) is 4.92. The van der Waals surface area contributed by atoms with Crippen molar-refractivity contribution in [2.24, 2.45) is 5.41 Å². The Morgan fingerprint density at radius 2 is 1.75 bits per heavy atom. The van der Waals surface area contributed by atoms with Crippen molar-refractivity contribution in [2.75, 3.05) is 6.61 Å². The molecule has 24 heavy (non-hydrogen) atoms. The third-order valence-corrected chi connectivity index (χ3v) is 6.77. The summed E-state index contributed by atoms with van der Waals surface area (Å²) in [5, 5.41) is 10.0. The van der Waals surface area contributed by atoms with Gasteiger partial charge in [-0.15, -0.1) is 0 Å². The van der Waals surface area contributed by atoms with Crippen LogP contribution in [0, 0.1) is 5.41 Å². The van der Waals surface area contributed by atoms with Crippen molar-refractivity contribution in [1.29, 1.82) is 0 Å². The molecule has 1 aliphatic heterocycles. The van der Waals surface area contributed by atoms with Gasteiger partial charge in [0, 0.05) is 11.5 Å². The lowest BCUT2D eigenvalue weighted by Gasteiger charge is -2.41. The standard InChI is InChI=1S/C18H35NO4Si/c1-15(2,3)22-14(21)19-12(9-18(11-20)10-13(18)19)17(7,8)23-24-16(4,5)6/h12-13,20H,9-11,24H2,1-8H3/t12-,13+,18-/m0/s1. The van der Waals surface area contributed by atoms with Crippen LogP contribution in [0.3, 0.4) is 0 Å². The van der Waals surface area contributed by atoms with Crippen molar-refractivity contribution in [1.82, 2.24) is 4.90 Å². The van der Waals surface area contributed by atoms with Crippen LogP contribution in [0.4, 0.5) is 4.79 Å². The number of aliphatic hydroxyl groups excluding tert-OH is 1. The Balaban J connectivity index is 2.18. The maximum absolute atomic E-state index is 12.8. The SMILES string of the molecule is CC(C)(C)OC(=O)N1[C@H](C(C)(C)O[SiH2]C(C)(C)C)C[C@@]2(CO)C[C@@H]12. The number of fused-ring (bicyclic) bond motifs is 1. The highest BCUT2D eigenvalue weighted by atomic mass is 28.2. The molecule has 0 aromatic carbocycles. The first-order chi connectivity index (χ1) is 10.7. The van der Waals surface area contributed by atoms with Gasteiger partial charge < -0.3 is 14.3 Å². The van der Waals surface area contributed by atoms with Crippen molar-refractivity contribution in [3.63, 3.8) is 0 Å². The molecule has 1 saturated carbocycles. The Labute approximate surface area is 149 Å². The number of piperidine rings is 1. The van der Waals surface area contributed by atoms with E-state index in [1.165, 1.54) is 0 Å². The molecule has 6 heteroatoms. The smallest absolute Gasteiger partial charge is 0.410 e. The molecule has 0 aromatic rings. The van der Waals surface area contributed by atoms with Gasteiger partial charge >= 0.3 is 6.09 Å². The van der Waals surface area contributed by atoms with Crippen molar-refractivity contribution in [3.8, 4) is 0 Å². The maximum Gasteiger partial charge on any atom is 0.410 e. The van der Waals surface area contributed by atoms with E-state index in [4.69, 9.17) is 9.16 Å². The Morgan fingerprint density at radius 3 is 2.21 bits per heavy atom. The molecular formula is C18H35NO4Si. The summed E-state index contributed by atoms with van der Waals surface area (Å²) in [4.78, 5) is 14.7. The van der Waals surface area contributed by atoms with Crippen LogP contribution in [0.1, 0.15) is 68.2 Å². The molecule has 140 valence electrons. The molecule has 0 radical (unpaired) electrons. The van der Waals surface area contributed by atoms with E-state index < -0.39 is 21.0 Å². The zero-order chi connectivity index (χ0) is 18.6. The van der Waals surface area contributed by atoms with Crippen molar-refractivity contribution < 1.29 is 19.1 Å². The zero-order valence-electron chi connectivity index (χ0n) is 16.6. The summed E-state index contributed by atoms with van der Waals surface area (Å²) in [6.07, 6.45) is 1.38. The van der Waals surface area contributed by atoms with Crippen LogP contribution >= 0.6 is 0 Å². The van der Waals surface area contributed by atoms with Crippen LogP contribution in [-0.4, -0.2) is 55.8 Å². The number of rotatable bonds is 4. The maximum atomic E-state index is 12.8. The van der Waals surface area contributed by atoms with Gasteiger partial charge in [-0.2, -0.15) is 0 Å². The normalized spacial score (nSPS) is 30.8. The van der Waals surface area contributed by atoms with E-state index in [1.54, 1.807) is 0 Å². The molecule has 2 aliphatic rings. The van der Waals surface area contributed by atoms with Gasteiger partial charge in [0.15, 0.2) is 9.76 Å². The second kappa shape index (κ2) is 5.99. The lowest BCUT2D eigenvalue weighted by molar-refractivity contribution is -0.0209. The number of hydrogen-bond donors (Lipinski definition) is 1. The van der Waals surface area contributed by atoms with Gasteiger partial charge in [-0.1, -0.05) is 20.8 Å². The predicted molar refractivity (Wildman–Crippen MR) is 97.8 cm³/mol. The average Bonchev–Trinajstić information content (AvgIpc) is 2.99. The summed E-state index contributed by atoms with van der Waals surface area (Å²) < 4.78 is 12.0. The minimum Gasteiger partial charge on any atom is -0.444 e. The van der Waals surface area contributed by atoms with Crippen molar-refractivity contribution in [2.45, 2.75) is 96.6 Å². The average molecular weight is 358 g/mol. The van der Waals surface area contributed by atoms with Gasteiger partial charge in [-0.05, 0) is 52.5 Å². The van der Waals surface area contributed by atoms with Gasteiger partial charge in [0.05, 0.1) is 18.2 Å². The molecule has 1 N–H and O–H groups in total. The fourth-order valence-electron chi connectivity index (χ4n) is 3.52. The fourth-order valence-corrected chi connectivity index (χ4v) is 4.52. The molecule has 1 amide bonds. The Morgan fingerprint density at radius 1 is 1.17 bits per heavy atom. The molecule has 1 saturated heterocycles. The van der Waals surface area contributed by atoms with E-state index in [9.17, 15) is 9.90 Å². The highest BCUT2D eigenvalue weighted by molar-refractivity contribution is 6.31. The predicted octanol–water partition coefficient (Wildman–Crippen LogP) is 2.84. The van der Waals surface area contributed by atoms with Crippen LogP contribution in [0.15, 0.2) is 0 Å². The van der Waals surface area contributed by atoms with Gasteiger partial charge in [0.25, 0.3) is 0 Å². The molecule has 0 bridgehead atoms. The quantitative estimate of drug-likeness (QED) is 0.786. The molecule has 5 nitrogen and oxygen atoms in total. The third kappa shape index (κ3) is 4.14. The Hall–Kier alpha value is -0.593. The third-order valence-electron chi connectivity index (χ3n) is 5.02. The topological polar surface area (TPSA) is 59.0 Å². The number of aliphatic hydroxyl groups is 1. The first-order valence-corrected chi connectivity index (χ1v) is 10.3. The van der Waals surface area contributed by atoms with Gasteiger partial charge in [-0.3, -0.25) is 4.90 Å². The van der Waals surface area contributed by atoms with Gasteiger partial charge in [0.2, 0.25) is 0 Å². The van der Waals surface area contributed by atoms with Crippen LogP contribution in [0.5, 0.6) is 0 Å². The van der Waals surface area contributed by atoms with E-state index in [-0.39, 0.29) is 35.2 Å². The highest BCUT2D eigenvalue weighted by Gasteiger charge is 2.68. The van der Waals surface area contributed by atoms with E-state index >= 15 is 0 Å². The number of carbonyl (C=O) groups excluding carboxylic acids is 1. The molecule has 0 unspecified atom stereocenters. The van der Waals surface area contributed by atoms with Crippen molar-refractivity contribution in [3.05, 3.63) is 0 Å². The number of ether oxygens (including phenoxy) is 1. The number of hydrogen-bond acceptors (Lipinski definition) is 4. The van der Waals surface area contributed by atoms with Crippen LogP contribution in [0.25, 0.3) is 0 Å². The summed E-state index contributed by atoms with van der Waals surface area (Å²) in [5.41, 5.74) is -1.09. The largest absolute Gasteiger partial charge is 0.444 e. The van der Waals surface area contributed by atoms with Gasteiger partial charge in [-0.25, -0.2) is 4.79 Å². The summed E-state index contributed by atoms with van der Waals surface area (Å²) in [6.45, 7) is 16.5. The Bertz CT molecular complexity index is 494. The molecule has 2 rings (SSSR count). The lowest BCUT2D eigenvalue weighted by Crippen LogP contribution is -2.53. The molecule has 2 fully saturated rings. The van der Waals surface area contributed by atoms with Crippen LogP contribution in [-0.2, 0) is 9.16 Å². The van der Waals surface area contributed by atoms with Crippen LogP contribution < -0.4 is 0 Å². The first kappa shape index (κ1) is 19.7.